The van der Waals surface area contributed by atoms with E-state index in [2.05, 4.69) is 17.6 Å². The molecule has 1 aromatic rings. The van der Waals surface area contributed by atoms with Crippen molar-refractivity contribution < 1.29 is 9.53 Å². The van der Waals surface area contributed by atoms with Crippen molar-refractivity contribution >= 4 is 17.6 Å². The van der Waals surface area contributed by atoms with Crippen LogP contribution in [0.4, 0.5) is 4.79 Å². The van der Waals surface area contributed by atoms with Crippen LogP contribution < -0.4 is 10.6 Å². The third kappa shape index (κ3) is 5.10. The molecule has 0 radical (unpaired) electrons. The van der Waals surface area contributed by atoms with E-state index >= 15 is 0 Å². The lowest BCUT2D eigenvalue weighted by Gasteiger charge is -2.32. The Morgan fingerprint density at radius 1 is 1.42 bits per heavy atom. The molecule has 1 aliphatic heterocycles. The zero-order chi connectivity index (χ0) is 16.9. The zero-order valence-electron chi connectivity index (χ0n) is 14.1. The summed E-state index contributed by atoms with van der Waals surface area (Å²) in [5, 5.41) is 7.08. The molecule has 1 heterocycles. The van der Waals surface area contributed by atoms with E-state index in [1.54, 1.807) is 0 Å². The van der Waals surface area contributed by atoms with E-state index in [9.17, 15) is 4.79 Å². The SMILES string of the molecule is CC1CN(C(=O)NCC(OCC2CC2)c2ccc(Cl)cc2)CCN1. The van der Waals surface area contributed by atoms with Gasteiger partial charge in [0.05, 0.1) is 12.7 Å². The molecule has 6 heteroatoms. The molecule has 2 unspecified atom stereocenters. The van der Waals surface area contributed by atoms with Crippen LogP contribution in [0.15, 0.2) is 24.3 Å². The maximum atomic E-state index is 12.4. The number of nitrogens with one attached hydrogen (secondary N) is 2. The molecule has 1 aromatic carbocycles. The summed E-state index contributed by atoms with van der Waals surface area (Å²) < 4.78 is 6.06. The Bertz CT molecular complexity index is 548. The van der Waals surface area contributed by atoms with Crippen LogP contribution in [0.3, 0.4) is 0 Å². The van der Waals surface area contributed by atoms with Crippen molar-refractivity contribution in [1.29, 1.82) is 0 Å². The fraction of sp³-hybridized carbons (Fsp3) is 0.611. The normalized spacial score (nSPS) is 22.2. The number of piperazine rings is 1. The fourth-order valence-electron chi connectivity index (χ4n) is 2.90. The second-order valence-corrected chi connectivity index (χ2v) is 7.24. The van der Waals surface area contributed by atoms with Gasteiger partial charge in [-0.1, -0.05) is 23.7 Å². The van der Waals surface area contributed by atoms with Crippen molar-refractivity contribution in [2.45, 2.75) is 31.9 Å². The summed E-state index contributed by atoms with van der Waals surface area (Å²) in [6.07, 6.45) is 2.36. The number of carbonyl (C=O) groups excluding carboxylic acids is 1. The Labute approximate surface area is 148 Å². The molecule has 2 N–H and O–H groups in total. The second kappa shape index (κ2) is 8.19. The number of hydrogen-bond donors (Lipinski definition) is 2. The molecule has 24 heavy (non-hydrogen) atoms. The lowest BCUT2D eigenvalue weighted by Crippen LogP contribution is -2.54. The van der Waals surface area contributed by atoms with Crippen LogP contribution in [0.25, 0.3) is 0 Å². The predicted molar refractivity (Wildman–Crippen MR) is 95.3 cm³/mol. The van der Waals surface area contributed by atoms with Crippen LogP contribution in [0.1, 0.15) is 31.4 Å². The maximum Gasteiger partial charge on any atom is 0.317 e. The fourth-order valence-corrected chi connectivity index (χ4v) is 3.02. The standard InChI is InChI=1S/C18H26ClN3O2/c1-13-11-22(9-8-20-13)18(23)21-10-17(24-12-14-2-3-14)15-4-6-16(19)7-5-15/h4-7,13-14,17,20H,2-3,8-12H2,1H3,(H,21,23). The molecule has 2 aliphatic rings. The molecule has 1 aliphatic carbocycles. The van der Waals surface area contributed by atoms with Gasteiger partial charge >= 0.3 is 6.03 Å². The summed E-state index contributed by atoms with van der Waals surface area (Å²) in [5.41, 5.74) is 1.05. The van der Waals surface area contributed by atoms with Crippen LogP contribution in [0, 0.1) is 5.92 Å². The number of rotatable bonds is 6. The van der Waals surface area contributed by atoms with Gasteiger partial charge in [0.25, 0.3) is 0 Å². The maximum absolute atomic E-state index is 12.4. The van der Waals surface area contributed by atoms with Crippen molar-refractivity contribution in [2.24, 2.45) is 5.92 Å². The Kier molecular flexibility index (Phi) is 5.98. The van der Waals surface area contributed by atoms with Gasteiger partial charge in [-0.05, 0) is 43.4 Å². The van der Waals surface area contributed by atoms with Crippen LogP contribution in [0.2, 0.25) is 5.02 Å². The summed E-state index contributed by atoms with van der Waals surface area (Å²) >= 11 is 5.97. The van der Waals surface area contributed by atoms with Crippen molar-refractivity contribution in [3.63, 3.8) is 0 Å². The van der Waals surface area contributed by atoms with Crippen molar-refractivity contribution in [3.05, 3.63) is 34.9 Å². The van der Waals surface area contributed by atoms with Crippen molar-refractivity contribution in [2.75, 3.05) is 32.8 Å². The van der Waals surface area contributed by atoms with E-state index in [-0.39, 0.29) is 12.1 Å². The van der Waals surface area contributed by atoms with Gasteiger partial charge in [-0.15, -0.1) is 0 Å². The molecule has 1 saturated heterocycles. The molecular formula is C18H26ClN3O2. The van der Waals surface area contributed by atoms with Gasteiger partial charge in [0.1, 0.15) is 0 Å². The van der Waals surface area contributed by atoms with E-state index in [0.717, 1.165) is 31.8 Å². The average molecular weight is 352 g/mol. The number of urea groups is 1. The smallest absolute Gasteiger partial charge is 0.317 e. The number of halogens is 1. The monoisotopic (exact) mass is 351 g/mol. The molecule has 0 bridgehead atoms. The first kappa shape index (κ1) is 17.5. The highest BCUT2D eigenvalue weighted by Crippen LogP contribution is 2.31. The summed E-state index contributed by atoms with van der Waals surface area (Å²) in [4.78, 5) is 14.3. The quantitative estimate of drug-likeness (QED) is 0.828. The molecule has 2 atom stereocenters. The molecule has 3 rings (SSSR count). The average Bonchev–Trinajstić information content (AvgIpc) is 3.40. The first-order valence-electron chi connectivity index (χ1n) is 8.75. The predicted octanol–water partition coefficient (Wildman–Crippen LogP) is 2.81. The molecule has 0 spiro atoms. The topological polar surface area (TPSA) is 53.6 Å². The second-order valence-electron chi connectivity index (χ2n) is 6.80. The van der Waals surface area contributed by atoms with E-state index in [1.807, 2.05) is 29.2 Å². The first-order chi connectivity index (χ1) is 11.6. The van der Waals surface area contributed by atoms with Crippen molar-refractivity contribution in [3.8, 4) is 0 Å². The molecule has 132 valence electrons. The van der Waals surface area contributed by atoms with Gasteiger partial charge in [0.2, 0.25) is 0 Å². The Hall–Kier alpha value is -1.30. The largest absolute Gasteiger partial charge is 0.371 e. The van der Waals surface area contributed by atoms with Crippen LogP contribution >= 0.6 is 11.6 Å². The van der Waals surface area contributed by atoms with Gasteiger partial charge in [0, 0.05) is 37.2 Å². The lowest BCUT2D eigenvalue weighted by atomic mass is 10.1. The molecule has 1 saturated carbocycles. The number of hydrogen-bond acceptors (Lipinski definition) is 3. The highest BCUT2D eigenvalue weighted by atomic mass is 35.5. The van der Waals surface area contributed by atoms with E-state index < -0.39 is 0 Å². The number of ether oxygens (including phenoxy) is 1. The molecule has 2 fully saturated rings. The van der Waals surface area contributed by atoms with E-state index in [4.69, 9.17) is 16.3 Å². The minimum absolute atomic E-state index is 0.0164. The summed E-state index contributed by atoms with van der Waals surface area (Å²) in [6.45, 7) is 5.65. The third-order valence-corrected chi connectivity index (χ3v) is 4.82. The number of carbonyl (C=O) groups is 1. The lowest BCUT2D eigenvalue weighted by molar-refractivity contribution is 0.0455. The number of amides is 2. The summed E-state index contributed by atoms with van der Waals surface area (Å²) in [5.74, 6) is 0.685. The molecule has 2 amide bonds. The Morgan fingerprint density at radius 3 is 2.83 bits per heavy atom. The highest BCUT2D eigenvalue weighted by Gasteiger charge is 2.25. The van der Waals surface area contributed by atoms with Gasteiger partial charge in [-0.25, -0.2) is 4.79 Å². The molecule has 5 nitrogen and oxygen atoms in total. The molecular weight excluding hydrogens is 326 g/mol. The van der Waals surface area contributed by atoms with Crippen LogP contribution in [-0.4, -0.2) is 49.8 Å². The first-order valence-corrected chi connectivity index (χ1v) is 9.13. The Balaban J connectivity index is 1.56. The number of benzene rings is 1. The van der Waals surface area contributed by atoms with Crippen molar-refractivity contribution in [1.82, 2.24) is 15.5 Å². The molecule has 0 aromatic heterocycles. The summed E-state index contributed by atoms with van der Waals surface area (Å²) in [7, 11) is 0. The number of nitrogens with zero attached hydrogens (tertiary/aromatic N) is 1. The van der Waals surface area contributed by atoms with Gasteiger partial charge in [0.15, 0.2) is 0 Å². The van der Waals surface area contributed by atoms with Crippen LogP contribution in [0.5, 0.6) is 0 Å². The van der Waals surface area contributed by atoms with Crippen LogP contribution in [-0.2, 0) is 4.74 Å². The van der Waals surface area contributed by atoms with Gasteiger partial charge in [-0.3, -0.25) is 0 Å². The summed E-state index contributed by atoms with van der Waals surface area (Å²) in [6, 6.07) is 7.99. The van der Waals surface area contributed by atoms with Gasteiger partial charge in [-0.2, -0.15) is 0 Å². The third-order valence-electron chi connectivity index (χ3n) is 4.57. The Morgan fingerprint density at radius 2 is 2.17 bits per heavy atom. The van der Waals surface area contributed by atoms with Gasteiger partial charge < -0.3 is 20.3 Å². The zero-order valence-corrected chi connectivity index (χ0v) is 14.9. The van der Waals surface area contributed by atoms with E-state index in [1.165, 1.54) is 12.8 Å². The minimum Gasteiger partial charge on any atom is -0.371 e. The minimum atomic E-state index is -0.132. The van der Waals surface area contributed by atoms with E-state index in [0.29, 0.717) is 23.5 Å². The highest BCUT2D eigenvalue weighted by molar-refractivity contribution is 6.30.